The predicted octanol–water partition coefficient (Wildman–Crippen LogP) is 1.59. The fraction of sp³-hybridized carbons (Fsp3) is 0.538. The number of hydrogen-bond donors (Lipinski definition) is 1. The molecule has 2 atom stereocenters. The molecule has 0 spiro atoms. The van der Waals surface area contributed by atoms with Gasteiger partial charge in [-0.05, 0) is 11.5 Å². The van der Waals surface area contributed by atoms with Gasteiger partial charge >= 0.3 is 5.97 Å². The van der Waals surface area contributed by atoms with E-state index in [1.54, 1.807) is 30.5 Å². The van der Waals surface area contributed by atoms with Gasteiger partial charge in [0, 0.05) is 19.2 Å². The van der Waals surface area contributed by atoms with Crippen LogP contribution in [0.2, 0.25) is 0 Å². The second-order valence-corrected chi connectivity index (χ2v) is 5.44. The van der Waals surface area contributed by atoms with Crippen LogP contribution in [0.15, 0.2) is 23.0 Å². The Labute approximate surface area is 105 Å². The maximum Gasteiger partial charge on any atom is 0.307 e. The third-order valence-corrected chi connectivity index (χ3v) is 3.74. The number of furan rings is 1. The molecular weight excluding hydrogens is 234 g/mol. The van der Waals surface area contributed by atoms with Gasteiger partial charge in [0.25, 0.3) is 0 Å². The minimum Gasteiger partial charge on any atom is -0.481 e. The molecule has 0 bridgehead atoms. The molecule has 1 aromatic rings. The Bertz CT molecular complexity index is 463. The molecule has 1 aromatic heterocycles. The van der Waals surface area contributed by atoms with Gasteiger partial charge in [-0.2, -0.15) is 0 Å². The minimum atomic E-state index is -0.893. The normalized spacial score (nSPS) is 24.6. The van der Waals surface area contributed by atoms with Gasteiger partial charge < -0.3 is 14.4 Å². The molecule has 0 aliphatic heterocycles. The zero-order valence-electron chi connectivity index (χ0n) is 10.7. The monoisotopic (exact) mass is 251 g/mol. The van der Waals surface area contributed by atoms with E-state index in [-0.39, 0.29) is 5.91 Å². The Morgan fingerprint density at radius 1 is 1.44 bits per heavy atom. The molecule has 1 heterocycles. The molecule has 1 fully saturated rings. The number of nitrogens with zero attached hydrogens (tertiary/aromatic N) is 1. The molecule has 2 rings (SSSR count). The molecule has 1 amide bonds. The quantitative estimate of drug-likeness (QED) is 0.882. The fourth-order valence-corrected chi connectivity index (χ4v) is 2.53. The van der Waals surface area contributed by atoms with Crippen LogP contribution in [0.25, 0.3) is 0 Å². The molecule has 0 aromatic carbocycles. The van der Waals surface area contributed by atoms with Gasteiger partial charge in [-0.1, -0.05) is 13.8 Å². The standard InChI is InChI=1S/C13H17NO4/c1-13(2)9(10(13)12(16)17)11(15)14(3)6-8-4-5-18-7-8/h4-5,7,9-10H,6H2,1-3H3,(H,16,17)/t9-,10+/m1/s1. The summed E-state index contributed by atoms with van der Waals surface area (Å²) in [4.78, 5) is 24.8. The van der Waals surface area contributed by atoms with Crippen LogP contribution in [0.1, 0.15) is 19.4 Å². The topological polar surface area (TPSA) is 70.8 Å². The summed E-state index contributed by atoms with van der Waals surface area (Å²) in [6.45, 7) is 4.08. The van der Waals surface area contributed by atoms with Gasteiger partial charge in [0.2, 0.25) is 5.91 Å². The molecule has 5 nitrogen and oxygen atoms in total. The molecule has 18 heavy (non-hydrogen) atoms. The van der Waals surface area contributed by atoms with E-state index in [1.807, 2.05) is 13.8 Å². The number of aliphatic carboxylic acids is 1. The Hall–Kier alpha value is -1.78. The minimum absolute atomic E-state index is 0.117. The summed E-state index contributed by atoms with van der Waals surface area (Å²) in [6, 6.07) is 1.79. The summed E-state index contributed by atoms with van der Waals surface area (Å²) in [5, 5.41) is 9.06. The van der Waals surface area contributed by atoms with Gasteiger partial charge in [0.15, 0.2) is 0 Å². The van der Waals surface area contributed by atoms with Crippen LogP contribution < -0.4 is 0 Å². The van der Waals surface area contributed by atoms with Gasteiger partial charge in [0.05, 0.1) is 24.4 Å². The van der Waals surface area contributed by atoms with E-state index in [1.165, 1.54) is 0 Å². The van der Waals surface area contributed by atoms with Gasteiger partial charge in [-0.15, -0.1) is 0 Å². The molecular formula is C13H17NO4. The number of carboxylic acids is 1. The van der Waals surface area contributed by atoms with E-state index in [9.17, 15) is 9.59 Å². The van der Waals surface area contributed by atoms with Crippen LogP contribution in [0.3, 0.4) is 0 Å². The largest absolute Gasteiger partial charge is 0.481 e. The Morgan fingerprint density at radius 3 is 2.56 bits per heavy atom. The number of carbonyl (C=O) groups excluding carboxylic acids is 1. The van der Waals surface area contributed by atoms with Crippen molar-refractivity contribution in [1.29, 1.82) is 0 Å². The average molecular weight is 251 g/mol. The molecule has 98 valence electrons. The zero-order valence-corrected chi connectivity index (χ0v) is 10.7. The summed E-state index contributed by atoms with van der Waals surface area (Å²) in [6.07, 6.45) is 3.13. The van der Waals surface area contributed by atoms with Crippen molar-refractivity contribution in [1.82, 2.24) is 4.90 Å². The van der Waals surface area contributed by atoms with Crippen molar-refractivity contribution in [2.45, 2.75) is 20.4 Å². The van der Waals surface area contributed by atoms with Crippen LogP contribution in [-0.2, 0) is 16.1 Å². The highest BCUT2D eigenvalue weighted by Crippen LogP contribution is 2.58. The van der Waals surface area contributed by atoms with E-state index in [4.69, 9.17) is 9.52 Å². The summed E-state index contributed by atoms with van der Waals surface area (Å²) >= 11 is 0. The van der Waals surface area contributed by atoms with Crippen LogP contribution in [0.4, 0.5) is 0 Å². The maximum atomic E-state index is 12.2. The van der Waals surface area contributed by atoms with E-state index in [0.717, 1.165) is 5.56 Å². The molecule has 0 radical (unpaired) electrons. The highest BCUT2D eigenvalue weighted by atomic mass is 16.4. The molecule has 1 aliphatic rings. The van der Waals surface area contributed by atoms with Crippen molar-refractivity contribution in [3.63, 3.8) is 0 Å². The van der Waals surface area contributed by atoms with Crippen LogP contribution >= 0.6 is 0 Å². The van der Waals surface area contributed by atoms with E-state index in [2.05, 4.69) is 0 Å². The van der Waals surface area contributed by atoms with Crippen LogP contribution in [-0.4, -0.2) is 28.9 Å². The molecule has 1 N–H and O–H groups in total. The first-order valence-electron chi connectivity index (χ1n) is 5.84. The maximum absolute atomic E-state index is 12.2. The molecule has 0 saturated heterocycles. The van der Waals surface area contributed by atoms with E-state index in [0.29, 0.717) is 6.54 Å². The van der Waals surface area contributed by atoms with Crippen molar-refractivity contribution in [3.05, 3.63) is 24.2 Å². The first-order chi connectivity index (χ1) is 8.35. The summed E-state index contributed by atoms with van der Waals surface area (Å²) in [5.41, 5.74) is 0.448. The van der Waals surface area contributed by atoms with Crippen molar-refractivity contribution >= 4 is 11.9 Å². The summed E-state index contributed by atoms with van der Waals surface area (Å²) in [7, 11) is 1.68. The third kappa shape index (κ3) is 2.00. The average Bonchev–Trinajstić information content (AvgIpc) is 2.63. The van der Waals surface area contributed by atoms with E-state index < -0.39 is 23.2 Å². The van der Waals surface area contributed by atoms with E-state index >= 15 is 0 Å². The Balaban J connectivity index is 2.02. The first-order valence-corrected chi connectivity index (χ1v) is 5.84. The van der Waals surface area contributed by atoms with Crippen molar-refractivity contribution < 1.29 is 19.1 Å². The second kappa shape index (κ2) is 4.15. The lowest BCUT2D eigenvalue weighted by atomic mass is 10.1. The summed E-state index contributed by atoms with van der Waals surface area (Å²) in [5.74, 6) is -2.01. The number of carboxylic acid groups (broad SMARTS) is 1. The lowest BCUT2D eigenvalue weighted by Gasteiger charge is -2.16. The first kappa shape index (κ1) is 12.7. The Morgan fingerprint density at radius 2 is 2.11 bits per heavy atom. The number of rotatable bonds is 4. The molecule has 5 heteroatoms. The molecule has 1 saturated carbocycles. The number of carbonyl (C=O) groups is 2. The smallest absolute Gasteiger partial charge is 0.307 e. The van der Waals surface area contributed by atoms with Crippen LogP contribution in [0.5, 0.6) is 0 Å². The highest BCUT2D eigenvalue weighted by molar-refractivity contribution is 5.91. The van der Waals surface area contributed by atoms with Gasteiger partial charge in [0.1, 0.15) is 0 Å². The lowest BCUT2D eigenvalue weighted by molar-refractivity contribution is -0.141. The molecule has 1 aliphatic carbocycles. The van der Waals surface area contributed by atoms with Crippen molar-refractivity contribution in [3.8, 4) is 0 Å². The lowest BCUT2D eigenvalue weighted by Crippen LogP contribution is -2.29. The third-order valence-electron chi connectivity index (χ3n) is 3.74. The van der Waals surface area contributed by atoms with Gasteiger partial charge in [-0.3, -0.25) is 9.59 Å². The fourth-order valence-electron chi connectivity index (χ4n) is 2.53. The molecule has 0 unspecified atom stereocenters. The Kier molecular flexibility index (Phi) is 2.92. The van der Waals surface area contributed by atoms with Crippen molar-refractivity contribution in [2.75, 3.05) is 7.05 Å². The second-order valence-electron chi connectivity index (χ2n) is 5.44. The van der Waals surface area contributed by atoms with Crippen LogP contribution in [0, 0.1) is 17.3 Å². The number of amides is 1. The zero-order chi connectivity index (χ0) is 13.5. The summed E-state index contributed by atoms with van der Waals surface area (Å²) < 4.78 is 4.94. The number of hydrogen-bond acceptors (Lipinski definition) is 3. The highest BCUT2D eigenvalue weighted by Gasteiger charge is 2.66. The van der Waals surface area contributed by atoms with Crippen molar-refractivity contribution in [2.24, 2.45) is 17.3 Å². The predicted molar refractivity (Wildman–Crippen MR) is 63.6 cm³/mol. The SMILES string of the molecule is CN(Cc1ccoc1)C(=O)[C@H]1[C@@H](C(=O)O)C1(C)C. The van der Waals surface area contributed by atoms with Gasteiger partial charge in [-0.25, -0.2) is 0 Å².